The van der Waals surface area contributed by atoms with Gasteiger partial charge >= 0.3 is 5.97 Å². The van der Waals surface area contributed by atoms with Crippen LogP contribution in [0.4, 0.5) is 0 Å². The standard InChI is InChI=1S/C12H12BrNO4/c13-9-3-1-2-8(12(16)17)11(9)18-6-10(15)14-7-4-5-7/h1-3,7H,4-6H2,(H,14,15)(H,16,17). The number of rotatable bonds is 5. The summed E-state index contributed by atoms with van der Waals surface area (Å²) < 4.78 is 5.80. The SMILES string of the molecule is O=C(COc1c(Br)cccc1C(=O)O)NC1CC1. The number of carboxylic acid groups (broad SMARTS) is 1. The zero-order chi connectivity index (χ0) is 13.1. The van der Waals surface area contributed by atoms with Gasteiger partial charge in [-0.3, -0.25) is 4.79 Å². The lowest BCUT2D eigenvalue weighted by Gasteiger charge is -2.10. The molecule has 0 spiro atoms. The van der Waals surface area contributed by atoms with Crippen LogP contribution >= 0.6 is 15.9 Å². The molecule has 18 heavy (non-hydrogen) atoms. The molecule has 96 valence electrons. The number of carbonyl (C=O) groups is 2. The number of amides is 1. The van der Waals surface area contributed by atoms with Crippen molar-refractivity contribution in [1.29, 1.82) is 0 Å². The third-order valence-corrected chi connectivity index (χ3v) is 3.11. The van der Waals surface area contributed by atoms with Crippen molar-refractivity contribution in [2.45, 2.75) is 18.9 Å². The van der Waals surface area contributed by atoms with Crippen molar-refractivity contribution in [3.63, 3.8) is 0 Å². The Bertz CT molecular complexity index is 485. The van der Waals surface area contributed by atoms with E-state index in [0.29, 0.717) is 4.47 Å². The van der Waals surface area contributed by atoms with Crippen LogP contribution < -0.4 is 10.1 Å². The van der Waals surface area contributed by atoms with E-state index in [2.05, 4.69) is 21.2 Å². The molecule has 1 fully saturated rings. The number of carbonyl (C=O) groups excluding carboxylic acids is 1. The number of nitrogens with one attached hydrogen (secondary N) is 1. The third-order valence-electron chi connectivity index (χ3n) is 2.49. The zero-order valence-corrected chi connectivity index (χ0v) is 11.1. The third kappa shape index (κ3) is 3.22. The number of hydrogen-bond acceptors (Lipinski definition) is 3. The maximum atomic E-state index is 11.5. The van der Waals surface area contributed by atoms with Gasteiger partial charge in [0.15, 0.2) is 6.61 Å². The first-order chi connectivity index (χ1) is 8.58. The summed E-state index contributed by atoms with van der Waals surface area (Å²) in [5, 5.41) is 11.8. The predicted molar refractivity (Wildman–Crippen MR) is 67.8 cm³/mol. The highest BCUT2D eigenvalue weighted by Gasteiger charge is 2.23. The summed E-state index contributed by atoms with van der Waals surface area (Å²) in [7, 11) is 0. The van der Waals surface area contributed by atoms with Crippen LogP contribution in [0.25, 0.3) is 0 Å². The number of hydrogen-bond donors (Lipinski definition) is 2. The van der Waals surface area contributed by atoms with E-state index in [1.54, 1.807) is 12.1 Å². The molecule has 0 unspecified atom stereocenters. The molecule has 2 rings (SSSR count). The topological polar surface area (TPSA) is 75.6 Å². The van der Waals surface area contributed by atoms with Gasteiger partial charge in [0.2, 0.25) is 0 Å². The fourth-order valence-electron chi connectivity index (χ4n) is 1.46. The second kappa shape index (κ2) is 5.39. The predicted octanol–water partition coefficient (Wildman–Crippen LogP) is 1.80. The quantitative estimate of drug-likeness (QED) is 0.869. The minimum Gasteiger partial charge on any atom is -0.482 e. The first-order valence-electron chi connectivity index (χ1n) is 5.52. The van der Waals surface area contributed by atoms with Crippen molar-refractivity contribution in [2.75, 3.05) is 6.61 Å². The number of para-hydroxylation sites is 1. The second-order valence-corrected chi connectivity index (χ2v) is 4.91. The molecule has 1 saturated carbocycles. The molecule has 5 nitrogen and oxygen atoms in total. The van der Waals surface area contributed by atoms with Crippen LogP contribution in [0.5, 0.6) is 5.75 Å². The Balaban J connectivity index is 2.03. The molecule has 2 N–H and O–H groups in total. The van der Waals surface area contributed by atoms with Crippen LogP contribution in [0, 0.1) is 0 Å². The molecular weight excluding hydrogens is 302 g/mol. The van der Waals surface area contributed by atoms with Gasteiger partial charge in [0.05, 0.1) is 4.47 Å². The molecule has 1 aliphatic rings. The van der Waals surface area contributed by atoms with E-state index in [1.165, 1.54) is 6.07 Å². The van der Waals surface area contributed by atoms with Gasteiger partial charge in [-0.15, -0.1) is 0 Å². The Kier molecular flexibility index (Phi) is 3.86. The molecule has 1 amide bonds. The van der Waals surface area contributed by atoms with E-state index in [4.69, 9.17) is 9.84 Å². The monoisotopic (exact) mass is 313 g/mol. The molecule has 1 aromatic rings. The van der Waals surface area contributed by atoms with Crippen molar-refractivity contribution >= 4 is 27.8 Å². The van der Waals surface area contributed by atoms with Crippen LogP contribution in [0.15, 0.2) is 22.7 Å². The average molecular weight is 314 g/mol. The Labute approximate surface area is 112 Å². The first kappa shape index (κ1) is 12.9. The smallest absolute Gasteiger partial charge is 0.339 e. The fraction of sp³-hybridized carbons (Fsp3) is 0.333. The molecule has 0 aromatic heterocycles. The highest BCUT2D eigenvalue weighted by atomic mass is 79.9. The normalized spacial score (nSPS) is 14.1. The summed E-state index contributed by atoms with van der Waals surface area (Å²) in [4.78, 5) is 22.5. The number of halogens is 1. The highest BCUT2D eigenvalue weighted by Crippen LogP contribution is 2.29. The molecule has 0 bridgehead atoms. The number of benzene rings is 1. The molecule has 1 aromatic carbocycles. The van der Waals surface area contributed by atoms with E-state index < -0.39 is 5.97 Å². The fourth-order valence-corrected chi connectivity index (χ4v) is 1.94. The van der Waals surface area contributed by atoms with Crippen LogP contribution in [0.1, 0.15) is 23.2 Å². The molecule has 0 aliphatic heterocycles. The van der Waals surface area contributed by atoms with Crippen LogP contribution in [-0.4, -0.2) is 29.6 Å². The first-order valence-corrected chi connectivity index (χ1v) is 6.31. The summed E-state index contributed by atoms with van der Waals surface area (Å²) in [6.07, 6.45) is 2.00. The van der Waals surface area contributed by atoms with Crippen LogP contribution in [0.3, 0.4) is 0 Å². The maximum Gasteiger partial charge on any atom is 0.339 e. The summed E-state index contributed by atoms with van der Waals surface area (Å²) in [5.41, 5.74) is 0.0311. The van der Waals surface area contributed by atoms with Gasteiger partial charge in [-0.05, 0) is 40.9 Å². The number of carboxylic acids is 1. The summed E-state index contributed by atoms with van der Waals surface area (Å²) in [5.74, 6) is -1.14. The minimum absolute atomic E-state index is 0.0311. The van der Waals surface area contributed by atoms with Gasteiger partial charge in [-0.25, -0.2) is 4.79 Å². The average Bonchev–Trinajstić information content (AvgIpc) is 3.10. The molecule has 6 heteroatoms. The lowest BCUT2D eigenvalue weighted by Crippen LogP contribution is -2.30. The van der Waals surface area contributed by atoms with E-state index in [1.807, 2.05) is 0 Å². The van der Waals surface area contributed by atoms with E-state index >= 15 is 0 Å². The summed E-state index contributed by atoms with van der Waals surface area (Å²) in [6, 6.07) is 4.96. The van der Waals surface area contributed by atoms with Gasteiger partial charge in [0.25, 0.3) is 5.91 Å². The summed E-state index contributed by atoms with van der Waals surface area (Å²) in [6.45, 7) is -0.181. The highest BCUT2D eigenvalue weighted by molar-refractivity contribution is 9.10. The molecule has 0 atom stereocenters. The largest absolute Gasteiger partial charge is 0.482 e. The Morgan fingerprint density at radius 2 is 2.17 bits per heavy atom. The van der Waals surface area contributed by atoms with Gasteiger partial charge in [-0.1, -0.05) is 6.07 Å². The van der Waals surface area contributed by atoms with Crippen molar-refractivity contribution in [3.05, 3.63) is 28.2 Å². The molecule has 0 saturated heterocycles. The van der Waals surface area contributed by atoms with E-state index in [0.717, 1.165) is 12.8 Å². The van der Waals surface area contributed by atoms with Crippen molar-refractivity contribution in [2.24, 2.45) is 0 Å². The molecule has 1 aliphatic carbocycles. The van der Waals surface area contributed by atoms with Gasteiger partial charge in [-0.2, -0.15) is 0 Å². The molecule has 0 heterocycles. The Morgan fingerprint density at radius 1 is 1.44 bits per heavy atom. The summed E-state index contributed by atoms with van der Waals surface area (Å²) >= 11 is 3.21. The lowest BCUT2D eigenvalue weighted by atomic mass is 10.2. The maximum absolute atomic E-state index is 11.5. The van der Waals surface area contributed by atoms with Crippen molar-refractivity contribution in [1.82, 2.24) is 5.32 Å². The van der Waals surface area contributed by atoms with E-state index in [-0.39, 0.29) is 29.9 Å². The Hall–Kier alpha value is -1.56. The molecule has 0 radical (unpaired) electrons. The number of ether oxygens (including phenoxy) is 1. The Morgan fingerprint density at radius 3 is 2.78 bits per heavy atom. The van der Waals surface area contributed by atoms with Crippen molar-refractivity contribution in [3.8, 4) is 5.75 Å². The minimum atomic E-state index is -1.09. The van der Waals surface area contributed by atoms with Crippen molar-refractivity contribution < 1.29 is 19.4 Å². The zero-order valence-electron chi connectivity index (χ0n) is 9.48. The number of aromatic carboxylic acids is 1. The second-order valence-electron chi connectivity index (χ2n) is 4.05. The van der Waals surface area contributed by atoms with Gasteiger partial charge in [0, 0.05) is 6.04 Å². The van der Waals surface area contributed by atoms with E-state index in [9.17, 15) is 9.59 Å². The lowest BCUT2D eigenvalue weighted by molar-refractivity contribution is -0.123. The van der Waals surface area contributed by atoms with Gasteiger partial charge in [0.1, 0.15) is 11.3 Å². The molecular formula is C12H12BrNO4. The van der Waals surface area contributed by atoms with Crippen LogP contribution in [-0.2, 0) is 4.79 Å². The van der Waals surface area contributed by atoms with Crippen LogP contribution in [0.2, 0.25) is 0 Å². The van der Waals surface area contributed by atoms with Gasteiger partial charge < -0.3 is 15.2 Å².